The van der Waals surface area contributed by atoms with Gasteiger partial charge in [0.25, 0.3) is 0 Å². The predicted molar refractivity (Wildman–Crippen MR) is 43.6 cm³/mol. The first kappa shape index (κ1) is 11.0. The summed E-state index contributed by atoms with van der Waals surface area (Å²) in [6.07, 6.45) is -4.83. The zero-order chi connectivity index (χ0) is 11.5. The van der Waals surface area contributed by atoms with Gasteiger partial charge in [0.15, 0.2) is 0 Å². The van der Waals surface area contributed by atoms with Crippen molar-refractivity contribution in [1.29, 1.82) is 0 Å². The van der Waals surface area contributed by atoms with Crippen LogP contribution in [0.4, 0.5) is 18.9 Å². The van der Waals surface area contributed by atoms with Crippen LogP contribution in [-0.4, -0.2) is 11.5 Å². The van der Waals surface area contributed by atoms with Gasteiger partial charge in [-0.2, -0.15) is 0 Å². The molecule has 1 rings (SSSR count). The lowest BCUT2D eigenvalue weighted by Crippen LogP contribution is -2.16. The van der Waals surface area contributed by atoms with Crippen LogP contribution in [0, 0.1) is 0 Å². The number of aromatic hydroxyl groups is 1. The Kier molecular flexibility index (Phi) is 2.91. The zero-order valence-corrected chi connectivity index (χ0v) is 7.06. The van der Waals surface area contributed by atoms with Gasteiger partial charge in [0.1, 0.15) is 11.5 Å². The van der Waals surface area contributed by atoms with E-state index >= 15 is 0 Å². The molecule has 15 heavy (non-hydrogen) atoms. The first-order valence-corrected chi connectivity index (χ1v) is 3.56. The van der Waals surface area contributed by atoms with E-state index in [0.29, 0.717) is 0 Å². The van der Waals surface area contributed by atoms with Gasteiger partial charge in [-0.05, 0) is 23.7 Å². The molecular formula is C7H4F3N3O2. The minimum absolute atomic E-state index is 0.334. The normalized spacial score (nSPS) is 10.6. The Hall–Kier alpha value is -2.08. The fraction of sp³-hybridized carbons (Fsp3) is 0.143. The average molecular weight is 219 g/mol. The molecule has 1 aromatic rings. The number of hydrogen-bond acceptors (Lipinski definition) is 3. The maximum Gasteiger partial charge on any atom is 0.573 e. The highest BCUT2D eigenvalue weighted by molar-refractivity contribution is 5.54. The number of rotatable bonds is 2. The monoisotopic (exact) mass is 219 g/mol. The molecule has 8 heteroatoms. The second-order valence-corrected chi connectivity index (χ2v) is 2.39. The highest BCUT2D eigenvalue weighted by Crippen LogP contribution is 2.33. The molecule has 0 aliphatic heterocycles. The number of azide groups is 1. The maximum atomic E-state index is 11.8. The van der Waals surface area contributed by atoms with Gasteiger partial charge in [-0.15, -0.1) is 13.2 Å². The molecule has 0 heterocycles. The highest BCUT2D eigenvalue weighted by Gasteiger charge is 2.31. The van der Waals surface area contributed by atoms with Gasteiger partial charge in [0, 0.05) is 4.91 Å². The van der Waals surface area contributed by atoms with E-state index < -0.39 is 17.9 Å². The van der Waals surface area contributed by atoms with Gasteiger partial charge >= 0.3 is 6.36 Å². The van der Waals surface area contributed by atoms with Crippen LogP contribution < -0.4 is 4.74 Å². The van der Waals surface area contributed by atoms with Crippen molar-refractivity contribution >= 4 is 5.69 Å². The van der Waals surface area contributed by atoms with Crippen molar-refractivity contribution in [2.75, 3.05) is 0 Å². The van der Waals surface area contributed by atoms with Crippen LogP contribution in [-0.2, 0) is 0 Å². The molecule has 5 nitrogen and oxygen atoms in total. The van der Waals surface area contributed by atoms with E-state index in [1.807, 2.05) is 0 Å². The molecule has 0 aromatic heterocycles. The van der Waals surface area contributed by atoms with Crippen LogP contribution in [0.25, 0.3) is 10.4 Å². The number of ether oxygens (including phenoxy) is 1. The fourth-order valence-corrected chi connectivity index (χ4v) is 0.829. The second kappa shape index (κ2) is 3.97. The van der Waals surface area contributed by atoms with Crippen LogP contribution in [0.3, 0.4) is 0 Å². The van der Waals surface area contributed by atoms with Crippen LogP contribution in [0.2, 0.25) is 0 Å². The van der Waals surface area contributed by atoms with Crippen molar-refractivity contribution in [2.45, 2.75) is 6.36 Å². The summed E-state index contributed by atoms with van der Waals surface area (Å²) in [7, 11) is 0. The average Bonchev–Trinajstić information content (AvgIpc) is 2.09. The lowest BCUT2D eigenvalue weighted by atomic mass is 10.3. The lowest BCUT2D eigenvalue weighted by molar-refractivity contribution is -0.274. The van der Waals surface area contributed by atoms with E-state index in [1.54, 1.807) is 0 Å². The Morgan fingerprint density at radius 2 is 2.07 bits per heavy atom. The molecule has 0 saturated carbocycles. The summed E-state index contributed by atoms with van der Waals surface area (Å²) >= 11 is 0. The van der Waals surface area contributed by atoms with Crippen LogP contribution in [0.1, 0.15) is 0 Å². The molecule has 0 bridgehead atoms. The fourth-order valence-electron chi connectivity index (χ4n) is 0.829. The van der Waals surface area contributed by atoms with Crippen molar-refractivity contribution in [1.82, 2.24) is 0 Å². The van der Waals surface area contributed by atoms with E-state index in [-0.39, 0.29) is 5.69 Å². The largest absolute Gasteiger partial charge is 0.573 e. The van der Waals surface area contributed by atoms with Crippen LogP contribution in [0.15, 0.2) is 23.3 Å². The number of hydrogen-bond donors (Lipinski definition) is 1. The van der Waals surface area contributed by atoms with Crippen molar-refractivity contribution in [3.05, 3.63) is 28.6 Å². The van der Waals surface area contributed by atoms with Gasteiger partial charge in [0.2, 0.25) is 0 Å². The van der Waals surface area contributed by atoms with Crippen molar-refractivity contribution in [3.8, 4) is 11.5 Å². The lowest BCUT2D eigenvalue weighted by Gasteiger charge is -2.09. The predicted octanol–water partition coefficient (Wildman–Crippen LogP) is 3.23. The van der Waals surface area contributed by atoms with Gasteiger partial charge in [-0.25, -0.2) is 0 Å². The first-order chi connectivity index (χ1) is 6.92. The molecule has 80 valence electrons. The third-order valence-electron chi connectivity index (χ3n) is 1.33. The SMILES string of the molecule is [N-]=[N+]=Nc1cc(OC(F)(F)F)ccc1O. The number of alkyl halides is 3. The molecule has 0 aliphatic carbocycles. The maximum absolute atomic E-state index is 11.8. The molecule has 0 aliphatic rings. The number of phenols is 1. The Bertz CT molecular complexity index is 412. The van der Waals surface area contributed by atoms with Gasteiger partial charge in [-0.3, -0.25) is 0 Å². The molecule has 0 saturated heterocycles. The van der Waals surface area contributed by atoms with Crippen LogP contribution >= 0.6 is 0 Å². The Labute approximate surface area is 81.3 Å². The molecule has 0 unspecified atom stereocenters. The smallest absolute Gasteiger partial charge is 0.507 e. The van der Waals surface area contributed by atoms with Gasteiger partial charge in [0.05, 0.1) is 5.69 Å². The number of nitrogens with zero attached hydrogens (tertiary/aromatic N) is 3. The van der Waals surface area contributed by atoms with Crippen molar-refractivity contribution in [3.63, 3.8) is 0 Å². The van der Waals surface area contributed by atoms with Gasteiger partial charge in [-0.1, -0.05) is 5.11 Å². The van der Waals surface area contributed by atoms with Gasteiger partial charge < -0.3 is 9.84 Å². The first-order valence-electron chi connectivity index (χ1n) is 3.56. The summed E-state index contributed by atoms with van der Waals surface area (Å²) in [4.78, 5) is 2.33. The second-order valence-electron chi connectivity index (χ2n) is 2.39. The molecule has 0 atom stereocenters. The van der Waals surface area contributed by atoms with E-state index in [1.165, 1.54) is 0 Å². The van der Waals surface area contributed by atoms with E-state index in [0.717, 1.165) is 18.2 Å². The number of halogens is 3. The molecule has 1 N–H and O–H groups in total. The number of benzene rings is 1. The highest BCUT2D eigenvalue weighted by atomic mass is 19.4. The zero-order valence-electron chi connectivity index (χ0n) is 7.06. The van der Waals surface area contributed by atoms with Crippen molar-refractivity contribution < 1.29 is 23.0 Å². The molecule has 1 aromatic carbocycles. The Morgan fingerprint density at radius 3 is 2.60 bits per heavy atom. The summed E-state index contributed by atoms with van der Waals surface area (Å²) in [5, 5.41) is 12.0. The Morgan fingerprint density at radius 1 is 1.40 bits per heavy atom. The quantitative estimate of drug-likeness (QED) is 0.470. The molecule has 0 fully saturated rings. The number of phenolic OH excluding ortho intramolecular Hbond substituents is 1. The summed E-state index contributed by atoms with van der Waals surface area (Å²) in [5.41, 5.74) is 7.72. The minimum Gasteiger partial charge on any atom is -0.507 e. The molecular weight excluding hydrogens is 215 g/mol. The molecule has 0 spiro atoms. The van der Waals surface area contributed by atoms with E-state index in [4.69, 9.17) is 10.6 Å². The molecule has 0 radical (unpaired) electrons. The summed E-state index contributed by atoms with van der Waals surface area (Å²) in [6.45, 7) is 0. The summed E-state index contributed by atoms with van der Waals surface area (Å²) in [6, 6.07) is 2.62. The van der Waals surface area contributed by atoms with Crippen molar-refractivity contribution in [2.24, 2.45) is 5.11 Å². The van der Waals surface area contributed by atoms with Crippen LogP contribution in [0.5, 0.6) is 11.5 Å². The summed E-state index contributed by atoms with van der Waals surface area (Å²) < 4.78 is 38.9. The Balaban J connectivity index is 3.02. The third kappa shape index (κ3) is 3.28. The minimum atomic E-state index is -4.83. The third-order valence-corrected chi connectivity index (χ3v) is 1.33. The standard InChI is InChI=1S/C7H4F3N3O2/c8-7(9,10)15-4-1-2-6(14)5(3-4)12-13-11/h1-3,14H. The topological polar surface area (TPSA) is 78.2 Å². The summed E-state index contributed by atoms with van der Waals surface area (Å²) in [5.74, 6) is -0.995. The molecule has 0 amide bonds. The van der Waals surface area contributed by atoms with E-state index in [9.17, 15) is 13.2 Å². The van der Waals surface area contributed by atoms with E-state index in [2.05, 4.69) is 14.8 Å².